The second kappa shape index (κ2) is 6.55. The van der Waals surface area contributed by atoms with Crippen LogP contribution in [0.2, 0.25) is 0 Å². The van der Waals surface area contributed by atoms with E-state index in [0.717, 1.165) is 16.7 Å². The summed E-state index contributed by atoms with van der Waals surface area (Å²) in [7, 11) is 0. The van der Waals surface area contributed by atoms with E-state index < -0.39 is 11.5 Å². The summed E-state index contributed by atoms with van der Waals surface area (Å²) in [5.74, 6) is -1.04. The van der Waals surface area contributed by atoms with Gasteiger partial charge in [-0.05, 0) is 38.3 Å². The van der Waals surface area contributed by atoms with E-state index in [1.807, 2.05) is 39.0 Å². The van der Waals surface area contributed by atoms with Crippen molar-refractivity contribution in [2.75, 3.05) is 0 Å². The molecule has 0 aliphatic carbocycles. The van der Waals surface area contributed by atoms with Crippen LogP contribution in [0.15, 0.2) is 18.2 Å². The van der Waals surface area contributed by atoms with Crippen LogP contribution < -0.4 is 5.32 Å². The van der Waals surface area contributed by atoms with E-state index in [-0.39, 0.29) is 18.7 Å². The van der Waals surface area contributed by atoms with E-state index in [2.05, 4.69) is 5.32 Å². The predicted molar refractivity (Wildman–Crippen MR) is 78.7 cm³/mol. The number of carbonyl (C=O) groups excluding carboxylic acids is 1. The zero-order chi connectivity index (χ0) is 15.3. The summed E-state index contributed by atoms with van der Waals surface area (Å²) in [5.41, 5.74) is 2.47. The van der Waals surface area contributed by atoms with E-state index in [0.29, 0.717) is 6.42 Å². The number of benzene rings is 1. The van der Waals surface area contributed by atoms with Crippen LogP contribution in [0.5, 0.6) is 0 Å². The Bertz CT molecular complexity index is 510. The van der Waals surface area contributed by atoms with Crippen LogP contribution in [0.1, 0.15) is 43.4 Å². The minimum atomic E-state index is -0.901. The fourth-order valence-corrected chi connectivity index (χ4v) is 2.14. The zero-order valence-corrected chi connectivity index (χ0v) is 12.6. The smallest absolute Gasteiger partial charge is 0.305 e. The molecular weight excluding hydrogens is 254 g/mol. The average Bonchev–Trinajstić information content (AvgIpc) is 2.32. The molecule has 1 aromatic rings. The van der Waals surface area contributed by atoms with Gasteiger partial charge in [0.15, 0.2) is 0 Å². The number of hydrogen-bond donors (Lipinski definition) is 2. The molecule has 0 bridgehead atoms. The number of amides is 1. The Kier molecular flexibility index (Phi) is 5.31. The van der Waals surface area contributed by atoms with Gasteiger partial charge in [0.05, 0.1) is 12.8 Å². The molecule has 4 nitrogen and oxygen atoms in total. The topological polar surface area (TPSA) is 66.4 Å². The highest BCUT2D eigenvalue weighted by Crippen LogP contribution is 2.16. The Morgan fingerprint density at radius 3 is 2.50 bits per heavy atom. The molecule has 0 saturated heterocycles. The third-order valence-corrected chi connectivity index (χ3v) is 3.62. The van der Waals surface area contributed by atoms with Crippen molar-refractivity contribution in [3.8, 4) is 0 Å². The Morgan fingerprint density at radius 2 is 1.95 bits per heavy atom. The highest BCUT2D eigenvalue weighted by molar-refractivity contribution is 5.80. The summed E-state index contributed by atoms with van der Waals surface area (Å²) in [6, 6.07) is 6.00. The number of carboxylic acids is 1. The maximum atomic E-state index is 12.1. The third kappa shape index (κ3) is 4.68. The van der Waals surface area contributed by atoms with Gasteiger partial charge in [-0.1, -0.05) is 30.7 Å². The molecule has 2 N–H and O–H groups in total. The highest BCUT2D eigenvalue weighted by Gasteiger charge is 2.27. The van der Waals surface area contributed by atoms with E-state index in [1.165, 1.54) is 0 Å². The maximum absolute atomic E-state index is 12.1. The average molecular weight is 277 g/mol. The molecule has 1 aromatic carbocycles. The molecule has 0 spiro atoms. The van der Waals surface area contributed by atoms with E-state index in [1.54, 1.807) is 6.92 Å². The van der Waals surface area contributed by atoms with Crippen molar-refractivity contribution in [1.29, 1.82) is 0 Å². The normalized spacial score (nSPS) is 13.6. The SMILES string of the molecule is CC[C@](C)(CC(=O)O)NC(=O)Cc1cc(C)ccc1C. The van der Waals surface area contributed by atoms with Gasteiger partial charge in [0.2, 0.25) is 5.91 Å². The Labute approximate surface area is 120 Å². The molecule has 1 atom stereocenters. The summed E-state index contributed by atoms with van der Waals surface area (Å²) >= 11 is 0. The Balaban J connectivity index is 2.76. The third-order valence-electron chi connectivity index (χ3n) is 3.62. The summed E-state index contributed by atoms with van der Waals surface area (Å²) < 4.78 is 0. The molecule has 20 heavy (non-hydrogen) atoms. The fourth-order valence-electron chi connectivity index (χ4n) is 2.14. The number of nitrogens with one attached hydrogen (secondary N) is 1. The molecule has 0 fully saturated rings. The van der Waals surface area contributed by atoms with Crippen molar-refractivity contribution < 1.29 is 14.7 Å². The molecule has 0 aliphatic heterocycles. The van der Waals surface area contributed by atoms with Crippen LogP contribution in [0.3, 0.4) is 0 Å². The van der Waals surface area contributed by atoms with Gasteiger partial charge in [0.25, 0.3) is 0 Å². The number of aliphatic carboxylic acids is 1. The predicted octanol–water partition coefficient (Wildman–Crippen LogP) is 2.61. The lowest BCUT2D eigenvalue weighted by atomic mass is 9.93. The number of aryl methyl sites for hydroxylation is 2. The first kappa shape index (κ1) is 16.2. The van der Waals surface area contributed by atoms with Gasteiger partial charge in [-0.3, -0.25) is 9.59 Å². The van der Waals surface area contributed by atoms with Crippen LogP contribution in [0, 0.1) is 13.8 Å². The van der Waals surface area contributed by atoms with E-state index >= 15 is 0 Å². The Morgan fingerprint density at radius 1 is 1.30 bits per heavy atom. The molecule has 1 rings (SSSR count). The molecular formula is C16H23NO3. The van der Waals surface area contributed by atoms with Gasteiger partial charge < -0.3 is 10.4 Å². The molecule has 0 heterocycles. The molecule has 0 aromatic heterocycles. The largest absolute Gasteiger partial charge is 0.481 e. The van der Waals surface area contributed by atoms with Gasteiger partial charge in [-0.25, -0.2) is 0 Å². The van der Waals surface area contributed by atoms with Crippen molar-refractivity contribution in [1.82, 2.24) is 5.32 Å². The monoisotopic (exact) mass is 277 g/mol. The lowest BCUT2D eigenvalue weighted by Gasteiger charge is -2.28. The minimum Gasteiger partial charge on any atom is -0.481 e. The maximum Gasteiger partial charge on any atom is 0.305 e. The minimum absolute atomic E-state index is 0.0674. The van der Waals surface area contributed by atoms with Crippen LogP contribution in [-0.2, 0) is 16.0 Å². The van der Waals surface area contributed by atoms with Crippen molar-refractivity contribution >= 4 is 11.9 Å². The number of rotatable bonds is 6. The van der Waals surface area contributed by atoms with Crippen LogP contribution in [0.4, 0.5) is 0 Å². The van der Waals surface area contributed by atoms with Gasteiger partial charge in [0, 0.05) is 5.54 Å². The molecule has 110 valence electrons. The lowest BCUT2D eigenvalue weighted by molar-refractivity contribution is -0.139. The summed E-state index contributed by atoms with van der Waals surface area (Å²) in [6.45, 7) is 7.60. The molecule has 4 heteroatoms. The number of carboxylic acid groups (broad SMARTS) is 1. The molecule has 0 unspecified atom stereocenters. The van der Waals surface area contributed by atoms with Gasteiger partial charge in [-0.15, -0.1) is 0 Å². The summed E-state index contributed by atoms with van der Waals surface area (Å²) in [4.78, 5) is 23.0. The van der Waals surface area contributed by atoms with Gasteiger partial charge >= 0.3 is 5.97 Å². The fraction of sp³-hybridized carbons (Fsp3) is 0.500. The van der Waals surface area contributed by atoms with Gasteiger partial charge in [0.1, 0.15) is 0 Å². The summed E-state index contributed by atoms with van der Waals surface area (Å²) in [6.07, 6.45) is 0.794. The zero-order valence-electron chi connectivity index (χ0n) is 12.6. The number of carbonyl (C=O) groups is 2. The van der Waals surface area contributed by atoms with Crippen molar-refractivity contribution in [2.45, 2.75) is 52.5 Å². The second-order valence-electron chi connectivity index (χ2n) is 5.64. The first-order chi connectivity index (χ1) is 9.25. The first-order valence-corrected chi connectivity index (χ1v) is 6.84. The standard InChI is InChI=1S/C16H23NO3/c1-5-16(4,10-15(19)20)17-14(18)9-13-8-11(2)6-7-12(13)3/h6-8H,5,9-10H2,1-4H3,(H,17,18)(H,19,20)/t16-/m1/s1. The van der Waals surface area contributed by atoms with Crippen molar-refractivity contribution in [3.63, 3.8) is 0 Å². The lowest BCUT2D eigenvalue weighted by Crippen LogP contribution is -2.47. The summed E-state index contributed by atoms with van der Waals surface area (Å²) in [5, 5.41) is 11.8. The van der Waals surface area contributed by atoms with E-state index in [4.69, 9.17) is 5.11 Å². The quantitative estimate of drug-likeness (QED) is 0.840. The highest BCUT2D eigenvalue weighted by atomic mass is 16.4. The van der Waals surface area contributed by atoms with Crippen LogP contribution in [-0.4, -0.2) is 22.5 Å². The van der Waals surface area contributed by atoms with E-state index in [9.17, 15) is 9.59 Å². The first-order valence-electron chi connectivity index (χ1n) is 6.84. The Hall–Kier alpha value is -1.84. The van der Waals surface area contributed by atoms with Crippen LogP contribution in [0.25, 0.3) is 0 Å². The molecule has 0 aliphatic rings. The van der Waals surface area contributed by atoms with Gasteiger partial charge in [-0.2, -0.15) is 0 Å². The van der Waals surface area contributed by atoms with Crippen LogP contribution >= 0.6 is 0 Å². The second-order valence-corrected chi connectivity index (χ2v) is 5.64. The number of hydrogen-bond acceptors (Lipinski definition) is 2. The molecule has 1 amide bonds. The van der Waals surface area contributed by atoms with Crippen molar-refractivity contribution in [2.24, 2.45) is 0 Å². The van der Waals surface area contributed by atoms with Crippen molar-refractivity contribution in [3.05, 3.63) is 34.9 Å². The molecule has 0 radical (unpaired) electrons. The molecule has 0 saturated carbocycles.